The van der Waals surface area contributed by atoms with Gasteiger partial charge in [-0.15, -0.1) is 0 Å². The maximum absolute atomic E-state index is 11.8. The summed E-state index contributed by atoms with van der Waals surface area (Å²) < 4.78 is 45.5. The molecule has 0 saturated carbocycles. The first kappa shape index (κ1) is 43.3. The fourth-order valence-corrected chi connectivity index (χ4v) is 5.74. The minimum Gasteiger partial charge on any atom is -0.463 e. The zero-order chi connectivity index (χ0) is 36.6. The van der Waals surface area contributed by atoms with Gasteiger partial charge in [-0.3, -0.25) is 4.79 Å². The Kier molecular flexibility index (Phi) is 24.4. The molecule has 0 aromatic heterocycles. The predicted molar refractivity (Wildman–Crippen MR) is 204 cm³/mol. The summed E-state index contributed by atoms with van der Waals surface area (Å²) in [5.74, 6) is -0.140. The summed E-state index contributed by atoms with van der Waals surface area (Å²) in [5, 5.41) is 0. The second-order valence-corrected chi connectivity index (χ2v) is 12.4. The lowest BCUT2D eigenvalue weighted by Crippen LogP contribution is -2.34. The second kappa shape index (κ2) is 29.3. The van der Waals surface area contributed by atoms with Crippen molar-refractivity contribution >= 4 is 5.97 Å². The van der Waals surface area contributed by atoms with E-state index in [4.69, 9.17) is 37.9 Å². The maximum atomic E-state index is 11.8. The largest absolute Gasteiger partial charge is 0.463 e. The predicted octanol–water partition coefficient (Wildman–Crippen LogP) is 7.78. The first-order valence-electron chi connectivity index (χ1n) is 19.2. The fourth-order valence-electron chi connectivity index (χ4n) is 5.74. The van der Waals surface area contributed by atoms with Crippen molar-refractivity contribution in [3.63, 3.8) is 0 Å². The first-order chi connectivity index (χ1) is 25.8. The van der Waals surface area contributed by atoms with E-state index in [1.807, 2.05) is 54.6 Å². The molecule has 3 aromatic carbocycles. The Morgan fingerprint density at radius 2 is 0.750 bits per heavy atom. The van der Waals surface area contributed by atoms with E-state index < -0.39 is 5.60 Å². The van der Waals surface area contributed by atoms with Crippen molar-refractivity contribution in [2.45, 2.75) is 63.9 Å². The number of benzene rings is 3. The molecule has 9 heteroatoms. The van der Waals surface area contributed by atoms with Gasteiger partial charge >= 0.3 is 5.97 Å². The first-order valence-corrected chi connectivity index (χ1v) is 19.2. The molecule has 0 aliphatic rings. The zero-order valence-electron chi connectivity index (χ0n) is 31.4. The number of carbonyl (C=O) groups excluding carboxylic acids is 1. The van der Waals surface area contributed by atoms with E-state index in [9.17, 15) is 4.79 Å². The van der Waals surface area contributed by atoms with Crippen LogP contribution in [0.3, 0.4) is 0 Å². The van der Waals surface area contributed by atoms with E-state index in [-0.39, 0.29) is 12.6 Å². The third-order valence-corrected chi connectivity index (χ3v) is 8.42. The third kappa shape index (κ3) is 18.1. The third-order valence-electron chi connectivity index (χ3n) is 8.42. The van der Waals surface area contributed by atoms with E-state index in [0.29, 0.717) is 92.3 Å². The number of rotatable bonds is 33. The van der Waals surface area contributed by atoms with Gasteiger partial charge in [-0.05, 0) is 23.1 Å². The number of hydrogen-bond donors (Lipinski definition) is 0. The van der Waals surface area contributed by atoms with Gasteiger partial charge in [0, 0.05) is 6.42 Å². The van der Waals surface area contributed by atoms with E-state index in [1.54, 1.807) is 0 Å². The topological polar surface area (TPSA) is 90.9 Å². The Morgan fingerprint density at radius 1 is 0.423 bits per heavy atom. The molecule has 0 heterocycles. The summed E-state index contributed by atoms with van der Waals surface area (Å²) in [6.45, 7) is 8.54. The Bertz CT molecular complexity index is 1150. The lowest BCUT2D eigenvalue weighted by molar-refractivity contribution is -0.145. The Hall–Kier alpha value is -3.15. The molecule has 3 rings (SSSR count). The minimum absolute atomic E-state index is 0.140. The lowest BCUT2D eigenvalue weighted by atomic mass is 9.80. The molecule has 288 valence electrons. The van der Waals surface area contributed by atoms with Gasteiger partial charge in [0.2, 0.25) is 0 Å². The van der Waals surface area contributed by atoms with Gasteiger partial charge in [-0.1, -0.05) is 136 Å². The highest BCUT2D eigenvalue weighted by Crippen LogP contribution is 2.40. The minimum atomic E-state index is -0.751. The highest BCUT2D eigenvalue weighted by atomic mass is 16.6. The van der Waals surface area contributed by atoms with Crippen LogP contribution in [0.25, 0.3) is 0 Å². The number of esters is 1. The van der Waals surface area contributed by atoms with Crippen molar-refractivity contribution in [1.82, 2.24) is 0 Å². The molecule has 0 fully saturated rings. The number of unbranched alkanes of at least 4 members (excludes halogenated alkanes) is 6. The second-order valence-electron chi connectivity index (χ2n) is 12.4. The summed E-state index contributed by atoms with van der Waals surface area (Å²) in [6, 6.07) is 31.0. The average Bonchev–Trinajstić information content (AvgIpc) is 3.19. The number of carbonyl (C=O) groups is 1. The molecule has 0 spiro atoms. The highest BCUT2D eigenvalue weighted by molar-refractivity contribution is 5.69. The zero-order valence-corrected chi connectivity index (χ0v) is 31.4. The molecule has 9 nitrogen and oxygen atoms in total. The van der Waals surface area contributed by atoms with Crippen LogP contribution >= 0.6 is 0 Å². The summed E-state index contributed by atoms with van der Waals surface area (Å²) in [4.78, 5) is 11.8. The van der Waals surface area contributed by atoms with Gasteiger partial charge in [0.15, 0.2) is 0 Å². The molecule has 52 heavy (non-hydrogen) atoms. The van der Waals surface area contributed by atoms with Gasteiger partial charge in [0.05, 0.1) is 85.9 Å². The van der Waals surface area contributed by atoms with E-state index in [1.165, 1.54) is 32.1 Å². The van der Waals surface area contributed by atoms with Crippen LogP contribution in [0.15, 0.2) is 91.0 Å². The Balaban J connectivity index is 1.11. The van der Waals surface area contributed by atoms with Crippen LogP contribution in [-0.2, 0) is 48.3 Å². The highest BCUT2D eigenvalue weighted by Gasteiger charge is 2.37. The smallest absolute Gasteiger partial charge is 0.305 e. The lowest BCUT2D eigenvalue weighted by Gasteiger charge is -2.36. The normalized spacial score (nSPS) is 11.6. The fraction of sp³-hybridized carbons (Fsp3) is 0.558. The molecule has 0 atom stereocenters. The SMILES string of the molecule is CCCCCCCCCC(=O)OCCOCCOCCOCCOCCOCCOCCOC(c1ccccc1)(c1ccccc1)c1ccccc1. The van der Waals surface area contributed by atoms with Crippen molar-refractivity contribution in [2.75, 3.05) is 92.5 Å². The summed E-state index contributed by atoms with van der Waals surface area (Å²) in [6.07, 6.45) is 8.79. The average molecular weight is 723 g/mol. The van der Waals surface area contributed by atoms with Crippen molar-refractivity contribution in [1.29, 1.82) is 0 Å². The summed E-state index contributed by atoms with van der Waals surface area (Å²) >= 11 is 0. The molecular weight excluding hydrogens is 660 g/mol. The van der Waals surface area contributed by atoms with Gasteiger partial charge in [0.25, 0.3) is 0 Å². The molecule has 0 bridgehead atoms. The summed E-state index contributed by atoms with van der Waals surface area (Å²) in [5.41, 5.74) is 2.45. The van der Waals surface area contributed by atoms with Gasteiger partial charge < -0.3 is 37.9 Å². The quantitative estimate of drug-likeness (QED) is 0.0355. The molecule has 0 aliphatic heterocycles. The molecule has 0 N–H and O–H groups in total. The standard InChI is InChI=1S/C43H62O9/c1-2-3-4-5-6-7-17-24-42(44)51-37-35-49-33-31-47-29-27-45-25-26-46-28-30-48-32-34-50-36-38-52-43(39-18-11-8-12-19-39,40-20-13-9-14-21-40)41-22-15-10-16-23-41/h8-16,18-23H,2-7,17,24-38H2,1H3. The van der Waals surface area contributed by atoms with Crippen LogP contribution in [0.4, 0.5) is 0 Å². The van der Waals surface area contributed by atoms with E-state index >= 15 is 0 Å². The Morgan fingerprint density at radius 3 is 1.13 bits per heavy atom. The van der Waals surface area contributed by atoms with E-state index in [0.717, 1.165) is 29.5 Å². The number of ether oxygens (including phenoxy) is 8. The van der Waals surface area contributed by atoms with Gasteiger partial charge in [-0.2, -0.15) is 0 Å². The van der Waals surface area contributed by atoms with Gasteiger partial charge in [-0.25, -0.2) is 0 Å². The molecular formula is C43H62O9. The van der Waals surface area contributed by atoms with Crippen molar-refractivity contribution in [3.05, 3.63) is 108 Å². The van der Waals surface area contributed by atoms with Crippen LogP contribution in [-0.4, -0.2) is 98.5 Å². The molecule has 0 saturated heterocycles. The van der Waals surface area contributed by atoms with Crippen molar-refractivity contribution < 1.29 is 42.7 Å². The van der Waals surface area contributed by atoms with Crippen LogP contribution < -0.4 is 0 Å². The van der Waals surface area contributed by atoms with Crippen LogP contribution in [0, 0.1) is 0 Å². The maximum Gasteiger partial charge on any atom is 0.305 e. The number of hydrogen-bond acceptors (Lipinski definition) is 9. The molecule has 0 amide bonds. The molecule has 0 radical (unpaired) electrons. The molecule has 0 aliphatic carbocycles. The Labute approximate surface area is 312 Å². The summed E-state index contributed by atoms with van der Waals surface area (Å²) in [7, 11) is 0. The van der Waals surface area contributed by atoms with E-state index in [2.05, 4.69) is 43.3 Å². The van der Waals surface area contributed by atoms with Crippen molar-refractivity contribution in [2.24, 2.45) is 0 Å². The molecule has 3 aromatic rings. The molecule has 0 unspecified atom stereocenters. The van der Waals surface area contributed by atoms with Crippen LogP contribution in [0.5, 0.6) is 0 Å². The van der Waals surface area contributed by atoms with Crippen molar-refractivity contribution in [3.8, 4) is 0 Å². The van der Waals surface area contributed by atoms with Gasteiger partial charge in [0.1, 0.15) is 12.2 Å². The monoisotopic (exact) mass is 722 g/mol. The van der Waals surface area contributed by atoms with Crippen LogP contribution in [0.2, 0.25) is 0 Å². The van der Waals surface area contributed by atoms with Crippen LogP contribution in [0.1, 0.15) is 75.0 Å².